The SMILES string of the molecule is CCOC(=O)CCN(C(=O)Oc1ccc2[nH]c(C(=O)c3ccc(C(=N)N)cc3)nc2c1C)c1ccccc1.Cl. The van der Waals surface area contributed by atoms with Crippen molar-refractivity contribution in [2.24, 2.45) is 5.73 Å². The summed E-state index contributed by atoms with van der Waals surface area (Å²) in [5.41, 5.74) is 8.61. The van der Waals surface area contributed by atoms with Gasteiger partial charge in [0.25, 0.3) is 0 Å². The maximum absolute atomic E-state index is 13.2. The first-order valence-corrected chi connectivity index (χ1v) is 12.0. The molecule has 0 atom stereocenters. The number of imidazole rings is 1. The van der Waals surface area contributed by atoms with Crippen LogP contribution in [0.4, 0.5) is 10.5 Å². The molecule has 1 aromatic heterocycles. The summed E-state index contributed by atoms with van der Waals surface area (Å²) in [5.74, 6) is -0.428. The Hall–Kier alpha value is -4.70. The summed E-state index contributed by atoms with van der Waals surface area (Å²) in [6, 6.07) is 18.6. The number of rotatable bonds is 9. The maximum atomic E-state index is 13.2. The van der Waals surface area contributed by atoms with Crippen LogP contribution in [0.3, 0.4) is 0 Å². The zero-order valence-electron chi connectivity index (χ0n) is 21.4. The number of hydrogen-bond donors (Lipinski definition) is 3. The van der Waals surface area contributed by atoms with Crippen LogP contribution >= 0.6 is 12.4 Å². The fourth-order valence-corrected chi connectivity index (χ4v) is 3.87. The highest BCUT2D eigenvalue weighted by atomic mass is 35.5. The first-order valence-electron chi connectivity index (χ1n) is 12.0. The van der Waals surface area contributed by atoms with Crippen molar-refractivity contribution in [2.75, 3.05) is 18.1 Å². The third-order valence-corrected chi connectivity index (χ3v) is 5.86. The van der Waals surface area contributed by atoms with Crippen LogP contribution < -0.4 is 15.4 Å². The highest BCUT2D eigenvalue weighted by molar-refractivity contribution is 6.08. The number of nitrogens with zero attached hydrogens (tertiary/aromatic N) is 2. The van der Waals surface area contributed by atoms with Crippen LogP contribution in [-0.2, 0) is 9.53 Å². The van der Waals surface area contributed by atoms with Crippen molar-refractivity contribution in [3.05, 3.63) is 89.2 Å². The molecule has 202 valence electrons. The Balaban J connectivity index is 0.00000420. The molecular weight excluding hydrogens is 522 g/mol. The number of amidine groups is 1. The third-order valence-electron chi connectivity index (χ3n) is 5.86. The fraction of sp³-hybridized carbons (Fsp3) is 0.179. The predicted octanol–water partition coefficient (Wildman–Crippen LogP) is 4.77. The lowest BCUT2D eigenvalue weighted by atomic mass is 10.1. The van der Waals surface area contributed by atoms with Gasteiger partial charge in [0, 0.05) is 28.9 Å². The number of nitrogen functional groups attached to an aromatic ring is 1. The Morgan fingerprint density at radius 3 is 2.31 bits per heavy atom. The van der Waals surface area contributed by atoms with Crippen LogP contribution in [0.25, 0.3) is 11.0 Å². The average Bonchev–Trinajstić information content (AvgIpc) is 3.36. The Labute approximate surface area is 231 Å². The molecule has 4 N–H and O–H groups in total. The Morgan fingerprint density at radius 1 is 1.00 bits per heavy atom. The standard InChI is InChI=1S/C28H27N5O5.ClH/c1-3-37-23(34)15-16-33(20-7-5-4-6-8-20)28(36)38-22-14-13-21-24(17(22)2)32-27(31-21)25(35)18-9-11-19(12-10-18)26(29)30;/h4-14H,3,15-16H2,1-2H3,(H3,29,30)(H,31,32);1H. The largest absolute Gasteiger partial charge is 0.466 e. The van der Waals surface area contributed by atoms with Gasteiger partial charge < -0.3 is 20.2 Å². The van der Waals surface area contributed by atoms with Crippen molar-refractivity contribution < 1.29 is 23.9 Å². The number of carbonyl (C=O) groups excluding carboxylic acids is 3. The summed E-state index contributed by atoms with van der Waals surface area (Å²) in [5, 5.41) is 7.49. The Kier molecular flexibility index (Phi) is 9.40. The molecule has 0 saturated heterocycles. The molecule has 1 amide bonds. The van der Waals surface area contributed by atoms with Crippen molar-refractivity contribution in [3.8, 4) is 5.75 Å². The monoisotopic (exact) mass is 549 g/mol. The normalized spacial score (nSPS) is 10.4. The molecule has 3 aromatic carbocycles. The molecule has 0 fully saturated rings. The van der Waals surface area contributed by atoms with Gasteiger partial charge in [-0.15, -0.1) is 12.4 Å². The summed E-state index contributed by atoms with van der Waals surface area (Å²) in [6.45, 7) is 3.80. The van der Waals surface area contributed by atoms with E-state index in [-0.39, 0.29) is 55.2 Å². The van der Waals surface area contributed by atoms with Crippen LogP contribution in [-0.4, -0.2) is 46.8 Å². The van der Waals surface area contributed by atoms with Gasteiger partial charge in [-0.05, 0) is 38.1 Å². The summed E-state index contributed by atoms with van der Waals surface area (Å²) in [6.07, 6.45) is -0.658. The van der Waals surface area contributed by atoms with Gasteiger partial charge in [0.1, 0.15) is 11.6 Å². The zero-order valence-corrected chi connectivity index (χ0v) is 22.2. The van der Waals surface area contributed by atoms with E-state index in [1.807, 2.05) is 6.07 Å². The van der Waals surface area contributed by atoms with E-state index in [4.69, 9.17) is 20.6 Å². The number of aromatic amines is 1. The molecule has 0 spiro atoms. The van der Waals surface area contributed by atoms with Crippen molar-refractivity contribution in [1.82, 2.24) is 9.97 Å². The van der Waals surface area contributed by atoms with E-state index in [9.17, 15) is 14.4 Å². The second-order valence-electron chi connectivity index (χ2n) is 8.40. The average molecular weight is 550 g/mol. The molecule has 4 rings (SSSR count). The first kappa shape index (κ1) is 28.9. The minimum Gasteiger partial charge on any atom is -0.466 e. The molecule has 0 aliphatic rings. The number of aryl methyl sites for hydroxylation is 1. The number of hydrogen-bond acceptors (Lipinski definition) is 7. The molecule has 0 aliphatic heterocycles. The lowest BCUT2D eigenvalue weighted by molar-refractivity contribution is -0.142. The number of ether oxygens (including phenoxy) is 2. The second-order valence-corrected chi connectivity index (χ2v) is 8.40. The molecule has 0 saturated carbocycles. The number of aromatic nitrogens is 2. The smallest absolute Gasteiger partial charge is 0.419 e. The number of nitrogens with one attached hydrogen (secondary N) is 2. The number of benzene rings is 3. The number of nitrogens with two attached hydrogens (primary N) is 1. The van der Waals surface area contributed by atoms with Gasteiger partial charge in [-0.3, -0.25) is 19.9 Å². The number of H-pyrrole nitrogens is 1. The van der Waals surface area contributed by atoms with E-state index >= 15 is 0 Å². The molecule has 4 aromatic rings. The molecule has 39 heavy (non-hydrogen) atoms. The maximum Gasteiger partial charge on any atom is 0.419 e. The number of esters is 1. The van der Waals surface area contributed by atoms with Crippen LogP contribution in [0, 0.1) is 12.3 Å². The summed E-state index contributed by atoms with van der Waals surface area (Å²) in [4.78, 5) is 46.9. The van der Waals surface area contributed by atoms with Gasteiger partial charge in [0.2, 0.25) is 5.78 Å². The molecule has 0 bridgehead atoms. The van der Waals surface area contributed by atoms with Gasteiger partial charge in [0.05, 0.1) is 24.1 Å². The topological polar surface area (TPSA) is 151 Å². The van der Waals surface area contributed by atoms with Crippen LogP contribution in [0.1, 0.15) is 40.7 Å². The van der Waals surface area contributed by atoms with E-state index in [1.54, 1.807) is 74.5 Å². The van der Waals surface area contributed by atoms with Gasteiger partial charge in [0.15, 0.2) is 5.82 Å². The van der Waals surface area contributed by atoms with E-state index in [2.05, 4.69) is 9.97 Å². The molecule has 10 nitrogen and oxygen atoms in total. The zero-order chi connectivity index (χ0) is 27.2. The summed E-state index contributed by atoms with van der Waals surface area (Å²) in [7, 11) is 0. The number of anilines is 1. The minimum absolute atomic E-state index is 0. The highest BCUT2D eigenvalue weighted by Gasteiger charge is 2.22. The second kappa shape index (κ2) is 12.7. The van der Waals surface area contributed by atoms with Gasteiger partial charge >= 0.3 is 12.1 Å². The van der Waals surface area contributed by atoms with Crippen molar-refractivity contribution in [2.45, 2.75) is 20.3 Å². The van der Waals surface area contributed by atoms with E-state index in [0.717, 1.165) is 0 Å². The van der Waals surface area contributed by atoms with Crippen molar-refractivity contribution in [3.63, 3.8) is 0 Å². The molecule has 11 heteroatoms. The van der Waals surface area contributed by atoms with Crippen molar-refractivity contribution >= 4 is 52.8 Å². The van der Waals surface area contributed by atoms with E-state index in [1.165, 1.54) is 4.90 Å². The molecule has 0 unspecified atom stereocenters. The highest BCUT2D eigenvalue weighted by Crippen LogP contribution is 2.28. The minimum atomic E-state index is -0.666. The lowest BCUT2D eigenvalue weighted by Crippen LogP contribution is -2.35. The first-order chi connectivity index (χ1) is 18.3. The fourth-order valence-electron chi connectivity index (χ4n) is 3.87. The lowest BCUT2D eigenvalue weighted by Gasteiger charge is -2.22. The van der Waals surface area contributed by atoms with Gasteiger partial charge in [-0.1, -0.05) is 42.5 Å². The van der Waals surface area contributed by atoms with Crippen LogP contribution in [0.2, 0.25) is 0 Å². The van der Waals surface area contributed by atoms with Crippen LogP contribution in [0.15, 0.2) is 66.7 Å². The van der Waals surface area contributed by atoms with Crippen LogP contribution in [0.5, 0.6) is 5.75 Å². The van der Waals surface area contributed by atoms with E-state index in [0.29, 0.717) is 33.4 Å². The van der Waals surface area contributed by atoms with E-state index < -0.39 is 12.1 Å². The number of ketones is 1. The Morgan fingerprint density at radius 2 is 1.67 bits per heavy atom. The summed E-state index contributed by atoms with van der Waals surface area (Å²) < 4.78 is 10.7. The number of amides is 1. The third kappa shape index (κ3) is 6.60. The molecule has 0 aliphatic carbocycles. The summed E-state index contributed by atoms with van der Waals surface area (Å²) >= 11 is 0. The molecular formula is C28H28ClN5O5. The molecule has 1 heterocycles. The Bertz CT molecular complexity index is 1500. The van der Waals surface area contributed by atoms with Crippen molar-refractivity contribution in [1.29, 1.82) is 5.41 Å². The number of carbonyl (C=O) groups is 3. The number of fused-ring (bicyclic) bond motifs is 1. The predicted molar refractivity (Wildman–Crippen MR) is 150 cm³/mol. The number of para-hydroxylation sites is 1. The molecule has 0 radical (unpaired) electrons. The van der Waals surface area contributed by atoms with Gasteiger partial charge in [-0.25, -0.2) is 9.78 Å². The van der Waals surface area contributed by atoms with Gasteiger partial charge in [-0.2, -0.15) is 0 Å². The quantitative estimate of drug-likeness (QED) is 0.118. The number of halogens is 1.